The summed E-state index contributed by atoms with van der Waals surface area (Å²) in [5.74, 6) is 0. The van der Waals surface area contributed by atoms with E-state index in [9.17, 15) is 9.32 Å². The molecule has 1 fully saturated rings. The summed E-state index contributed by atoms with van der Waals surface area (Å²) in [5.41, 5.74) is 7.30. The molecule has 1 aliphatic heterocycles. The van der Waals surface area contributed by atoms with Gasteiger partial charge in [0.1, 0.15) is 12.2 Å². The van der Waals surface area contributed by atoms with Gasteiger partial charge in [-0.15, -0.1) is 0 Å². The fourth-order valence-electron chi connectivity index (χ4n) is 1.24. The summed E-state index contributed by atoms with van der Waals surface area (Å²) in [7, 11) is 0. The molecule has 4 N–H and O–H groups in total. The van der Waals surface area contributed by atoms with Gasteiger partial charge in [-0.1, -0.05) is 6.04 Å². The van der Waals surface area contributed by atoms with Crippen LogP contribution in [0.1, 0.15) is 0 Å². The standard InChI is InChI=1S/C6H12NO6S.Ac/c7-3-2-12-4(1-8)6(5(3)9)13-14(10)11;/h3-9H,1-2H2,(H,10,11);/q-1;/t3?,4?,5-,6+;/m1./s1. The van der Waals surface area contributed by atoms with Crippen molar-refractivity contribution in [3.05, 3.63) is 5.73 Å². The second-order valence-electron chi connectivity index (χ2n) is 2.93. The smallest absolute Gasteiger partial charge is 0.302 e. The molecule has 0 amide bonds. The molecular weight excluding hydrogens is 441 g/mol. The predicted molar refractivity (Wildman–Crippen MR) is 46.6 cm³/mol. The van der Waals surface area contributed by atoms with Gasteiger partial charge in [-0.2, -0.15) is 4.21 Å². The molecule has 87 valence electrons. The van der Waals surface area contributed by atoms with Crippen LogP contribution in [0.25, 0.3) is 5.73 Å². The summed E-state index contributed by atoms with van der Waals surface area (Å²) in [6.45, 7) is -0.476. The molecule has 15 heavy (non-hydrogen) atoms. The molecule has 5 atom stereocenters. The minimum atomic E-state index is -2.56. The molecule has 0 aromatic carbocycles. The van der Waals surface area contributed by atoms with Crippen LogP contribution in [0.15, 0.2) is 0 Å². The first-order chi connectivity index (χ1) is 6.56. The van der Waals surface area contributed by atoms with Gasteiger partial charge in [0.25, 0.3) is 0 Å². The maximum atomic E-state index is 10.4. The number of hydrogen-bond acceptors (Lipinski definition) is 5. The summed E-state index contributed by atoms with van der Waals surface area (Å²) >= 11 is -2.56. The average Bonchev–Trinajstić information content (AvgIpc) is 2.13. The number of aliphatic hydroxyl groups excluding tert-OH is 2. The van der Waals surface area contributed by atoms with Crippen LogP contribution in [0, 0.1) is 44.1 Å². The molecule has 0 aliphatic carbocycles. The van der Waals surface area contributed by atoms with Crippen LogP contribution in [-0.2, 0) is 20.3 Å². The molecule has 0 spiro atoms. The second-order valence-corrected chi connectivity index (χ2v) is 3.56. The van der Waals surface area contributed by atoms with Gasteiger partial charge in [0, 0.05) is 50.7 Å². The number of aliphatic hydroxyl groups is 2. The van der Waals surface area contributed by atoms with Crippen LogP contribution in [0.4, 0.5) is 0 Å². The van der Waals surface area contributed by atoms with E-state index in [1.807, 2.05) is 0 Å². The van der Waals surface area contributed by atoms with E-state index < -0.39 is 42.3 Å². The van der Waals surface area contributed by atoms with Crippen molar-refractivity contribution < 1.29 is 72.0 Å². The van der Waals surface area contributed by atoms with Crippen LogP contribution in [0.5, 0.6) is 0 Å². The molecule has 0 aromatic heterocycles. The van der Waals surface area contributed by atoms with Crippen molar-refractivity contribution in [1.82, 2.24) is 0 Å². The largest absolute Gasteiger partial charge is 0.671 e. The van der Waals surface area contributed by atoms with Gasteiger partial charge in [0.2, 0.25) is 0 Å². The van der Waals surface area contributed by atoms with E-state index >= 15 is 0 Å². The zero-order valence-corrected chi connectivity index (χ0v) is 13.3. The Morgan fingerprint density at radius 2 is 2.20 bits per heavy atom. The van der Waals surface area contributed by atoms with Crippen LogP contribution >= 0.6 is 0 Å². The molecule has 1 heterocycles. The van der Waals surface area contributed by atoms with E-state index in [1.54, 1.807) is 0 Å². The minimum Gasteiger partial charge on any atom is -0.671 e. The molecule has 1 aliphatic rings. The maximum Gasteiger partial charge on any atom is 0.302 e. The van der Waals surface area contributed by atoms with Gasteiger partial charge < -0.3 is 20.7 Å². The Balaban J connectivity index is 0.00000196. The van der Waals surface area contributed by atoms with Gasteiger partial charge in [0.05, 0.1) is 12.7 Å². The predicted octanol–water partition coefficient (Wildman–Crippen LogP) is -1.32. The topological polar surface area (TPSA) is 120 Å². The first-order valence-corrected chi connectivity index (χ1v) is 4.99. The van der Waals surface area contributed by atoms with Crippen molar-refractivity contribution in [3.63, 3.8) is 0 Å². The Hall–Kier alpha value is 1.35. The minimum absolute atomic E-state index is 0. The number of hydrogen-bond donors (Lipinski definition) is 3. The van der Waals surface area contributed by atoms with Crippen molar-refractivity contribution in [2.24, 2.45) is 0 Å². The molecule has 7 nitrogen and oxygen atoms in total. The quantitative estimate of drug-likeness (QED) is 0.457. The molecule has 0 bridgehead atoms. The van der Waals surface area contributed by atoms with Crippen molar-refractivity contribution in [2.45, 2.75) is 24.4 Å². The summed E-state index contributed by atoms with van der Waals surface area (Å²) in [4.78, 5) is 0. The third-order valence-electron chi connectivity index (χ3n) is 1.98. The molecular formula is C6H12AcNO6S-. The van der Waals surface area contributed by atoms with E-state index in [4.69, 9.17) is 20.1 Å². The van der Waals surface area contributed by atoms with Crippen molar-refractivity contribution in [2.75, 3.05) is 13.2 Å². The summed E-state index contributed by atoms with van der Waals surface area (Å²) in [5, 5.41) is 18.3. The maximum absolute atomic E-state index is 10.4. The SMILES string of the molecule is [Ac].[NH-]C1COC(CO)[C@H](OS(=O)O)[C@@H]1O. The second kappa shape index (κ2) is 7.63. The van der Waals surface area contributed by atoms with E-state index in [0.717, 1.165) is 0 Å². The van der Waals surface area contributed by atoms with Crippen LogP contribution in [0.2, 0.25) is 0 Å². The molecule has 0 saturated carbocycles. The van der Waals surface area contributed by atoms with E-state index in [0.29, 0.717) is 0 Å². The van der Waals surface area contributed by atoms with Gasteiger partial charge in [-0.3, -0.25) is 8.74 Å². The van der Waals surface area contributed by atoms with Crippen LogP contribution in [-0.4, -0.2) is 56.5 Å². The van der Waals surface area contributed by atoms with Crippen molar-refractivity contribution in [1.29, 1.82) is 0 Å². The van der Waals surface area contributed by atoms with Crippen molar-refractivity contribution in [3.8, 4) is 0 Å². The Morgan fingerprint density at radius 1 is 1.60 bits per heavy atom. The summed E-state index contributed by atoms with van der Waals surface area (Å²) in [6, 6.07) is -0.939. The summed E-state index contributed by atoms with van der Waals surface area (Å²) in [6.07, 6.45) is -3.26. The number of rotatable bonds is 3. The Labute approximate surface area is 125 Å². The summed E-state index contributed by atoms with van der Waals surface area (Å²) < 4.78 is 28.2. The zero-order valence-electron chi connectivity index (χ0n) is 7.78. The van der Waals surface area contributed by atoms with Gasteiger partial charge in [0.15, 0.2) is 0 Å². The molecule has 3 unspecified atom stereocenters. The van der Waals surface area contributed by atoms with E-state index in [2.05, 4.69) is 4.18 Å². The third-order valence-corrected chi connectivity index (χ3v) is 2.37. The molecule has 1 saturated heterocycles. The Kier molecular flexibility index (Phi) is 8.32. The molecule has 9 heteroatoms. The Bertz CT molecular complexity index is 218. The van der Waals surface area contributed by atoms with Crippen LogP contribution < -0.4 is 0 Å². The molecule has 0 aromatic rings. The van der Waals surface area contributed by atoms with Gasteiger partial charge >= 0.3 is 11.4 Å². The fourth-order valence-corrected chi connectivity index (χ4v) is 1.67. The van der Waals surface area contributed by atoms with E-state index in [1.165, 1.54) is 0 Å². The third kappa shape index (κ3) is 4.61. The average molecular weight is 453 g/mol. The monoisotopic (exact) mass is 453 g/mol. The fraction of sp³-hybridized carbons (Fsp3) is 1.00. The van der Waals surface area contributed by atoms with Crippen LogP contribution in [0.3, 0.4) is 0 Å². The Morgan fingerprint density at radius 3 is 2.67 bits per heavy atom. The first kappa shape index (κ1) is 16.4. The first-order valence-electron chi connectivity index (χ1n) is 3.96. The molecule has 1 rings (SSSR count). The normalized spacial score (nSPS) is 38.1. The van der Waals surface area contributed by atoms with Crippen molar-refractivity contribution >= 4 is 11.4 Å². The van der Waals surface area contributed by atoms with Gasteiger partial charge in [-0.25, -0.2) is 0 Å². The number of nitrogens with one attached hydrogen (secondary N) is 1. The van der Waals surface area contributed by atoms with E-state index in [-0.39, 0.29) is 50.7 Å². The zero-order chi connectivity index (χ0) is 10.7. The number of ether oxygens (including phenoxy) is 1. The van der Waals surface area contributed by atoms with Gasteiger partial charge in [-0.05, 0) is 0 Å². The molecule has 1 radical (unpaired) electrons.